The average molecular weight is 443 g/mol. The number of hydrogen-bond acceptors (Lipinski definition) is 5. The molecule has 0 fully saturated rings. The minimum atomic E-state index is 0.479. The molecule has 0 aliphatic rings. The lowest BCUT2D eigenvalue weighted by Gasteiger charge is -2.06. The van der Waals surface area contributed by atoms with Crippen molar-refractivity contribution in [3.8, 4) is 34.4 Å². The highest BCUT2D eigenvalue weighted by molar-refractivity contribution is 5.59. The molecule has 0 unspecified atom stereocenters. The van der Waals surface area contributed by atoms with Gasteiger partial charge in [0.25, 0.3) is 0 Å². The van der Waals surface area contributed by atoms with Gasteiger partial charge in [-0.3, -0.25) is 0 Å². The van der Waals surface area contributed by atoms with E-state index in [4.69, 9.17) is 13.9 Å². The van der Waals surface area contributed by atoms with Crippen LogP contribution in [0.3, 0.4) is 0 Å². The maximum absolute atomic E-state index is 5.90. The van der Waals surface area contributed by atoms with E-state index in [2.05, 4.69) is 17.1 Å². The summed E-state index contributed by atoms with van der Waals surface area (Å²) in [4.78, 5) is 0. The topological polar surface area (TPSA) is 57.4 Å². The van der Waals surface area contributed by atoms with Gasteiger partial charge in [-0.2, -0.15) is 0 Å². The predicted molar refractivity (Wildman–Crippen MR) is 130 cm³/mol. The van der Waals surface area contributed by atoms with Crippen LogP contribution in [0.25, 0.3) is 22.9 Å². The lowest BCUT2D eigenvalue weighted by Crippen LogP contribution is -1.97. The molecule has 0 amide bonds. The number of hydrogen-bond donors (Lipinski definition) is 0. The zero-order valence-corrected chi connectivity index (χ0v) is 19.1. The molecule has 0 saturated carbocycles. The zero-order chi connectivity index (χ0) is 22.7. The van der Waals surface area contributed by atoms with E-state index in [0.717, 1.165) is 41.2 Å². The molecule has 5 heteroatoms. The molecule has 5 nitrogen and oxygen atoms in total. The first-order valence-electron chi connectivity index (χ1n) is 11.7. The van der Waals surface area contributed by atoms with Crippen molar-refractivity contribution < 1.29 is 13.9 Å². The third-order valence-electron chi connectivity index (χ3n) is 5.39. The summed E-state index contributed by atoms with van der Waals surface area (Å²) >= 11 is 0. The molecule has 33 heavy (non-hydrogen) atoms. The molecular formula is C28H30N2O3. The maximum Gasteiger partial charge on any atom is 0.248 e. The van der Waals surface area contributed by atoms with Gasteiger partial charge in [0.15, 0.2) is 0 Å². The second-order valence-corrected chi connectivity index (χ2v) is 8.00. The number of aromatic nitrogens is 2. The van der Waals surface area contributed by atoms with Crippen LogP contribution in [0.15, 0.2) is 83.3 Å². The van der Waals surface area contributed by atoms with Crippen molar-refractivity contribution in [2.24, 2.45) is 0 Å². The molecule has 0 bridgehead atoms. The standard InChI is InChI=1S/C28H30N2O3/c1-2-3-4-5-9-20-31-25-16-12-23(13-17-25)27-29-30-28(33-27)24-14-18-26(19-15-24)32-21-22-10-7-6-8-11-22/h6-8,10-19H,2-5,9,20-21H2,1H3. The highest BCUT2D eigenvalue weighted by atomic mass is 16.5. The Hall–Kier alpha value is -3.60. The van der Waals surface area contributed by atoms with Gasteiger partial charge in [-0.05, 0) is 60.5 Å². The van der Waals surface area contributed by atoms with Crippen LogP contribution in [-0.4, -0.2) is 16.8 Å². The van der Waals surface area contributed by atoms with E-state index in [0.29, 0.717) is 18.4 Å². The zero-order valence-electron chi connectivity index (χ0n) is 19.1. The van der Waals surface area contributed by atoms with Crippen LogP contribution in [0.5, 0.6) is 11.5 Å². The first kappa shape index (κ1) is 22.6. The largest absolute Gasteiger partial charge is 0.494 e. The van der Waals surface area contributed by atoms with Gasteiger partial charge >= 0.3 is 0 Å². The summed E-state index contributed by atoms with van der Waals surface area (Å²) in [6, 6.07) is 25.6. The third kappa shape index (κ3) is 6.69. The van der Waals surface area contributed by atoms with Gasteiger partial charge < -0.3 is 13.9 Å². The Kier molecular flexibility index (Phi) is 8.12. The molecule has 4 rings (SSSR count). The summed E-state index contributed by atoms with van der Waals surface area (Å²) in [5, 5.41) is 8.41. The van der Waals surface area contributed by atoms with Gasteiger partial charge in [-0.15, -0.1) is 10.2 Å². The molecule has 0 aliphatic heterocycles. The third-order valence-corrected chi connectivity index (χ3v) is 5.39. The normalized spacial score (nSPS) is 10.8. The van der Waals surface area contributed by atoms with Crippen LogP contribution in [-0.2, 0) is 6.61 Å². The molecule has 4 aromatic rings. The Labute approximate surface area is 195 Å². The molecule has 1 heterocycles. The molecule has 1 aromatic heterocycles. The van der Waals surface area contributed by atoms with E-state index in [-0.39, 0.29) is 0 Å². The van der Waals surface area contributed by atoms with E-state index in [9.17, 15) is 0 Å². The van der Waals surface area contributed by atoms with Crippen LogP contribution in [0.4, 0.5) is 0 Å². The van der Waals surface area contributed by atoms with Gasteiger partial charge in [0.05, 0.1) is 6.61 Å². The molecule has 0 saturated heterocycles. The Balaban J connectivity index is 1.30. The van der Waals surface area contributed by atoms with Crippen molar-refractivity contribution in [2.75, 3.05) is 6.61 Å². The lowest BCUT2D eigenvalue weighted by molar-refractivity contribution is 0.304. The van der Waals surface area contributed by atoms with Gasteiger partial charge in [-0.1, -0.05) is 62.9 Å². The summed E-state index contributed by atoms with van der Waals surface area (Å²) in [6.45, 7) is 3.51. The van der Waals surface area contributed by atoms with Gasteiger partial charge in [-0.25, -0.2) is 0 Å². The number of rotatable bonds is 12. The van der Waals surface area contributed by atoms with Crippen molar-refractivity contribution >= 4 is 0 Å². The molecule has 0 N–H and O–H groups in total. The summed E-state index contributed by atoms with van der Waals surface area (Å²) in [7, 11) is 0. The van der Waals surface area contributed by atoms with E-state index in [1.54, 1.807) is 0 Å². The maximum atomic E-state index is 5.90. The van der Waals surface area contributed by atoms with Gasteiger partial charge in [0.2, 0.25) is 11.8 Å². The molecule has 0 spiro atoms. The Morgan fingerprint density at radius 2 is 1.21 bits per heavy atom. The van der Waals surface area contributed by atoms with Crippen molar-refractivity contribution in [2.45, 2.75) is 45.6 Å². The van der Waals surface area contributed by atoms with E-state index in [1.807, 2.05) is 78.9 Å². The Bertz CT molecular complexity index is 1090. The highest BCUT2D eigenvalue weighted by Crippen LogP contribution is 2.27. The smallest absolute Gasteiger partial charge is 0.248 e. The molecule has 3 aromatic carbocycles. The van der Waals surface area contributed by atoms with E-state index >= 15 is 0 Å². The molecular weight excluding hydrogens is 412 g/mol. The molecule has 170 valence electrons. The SMILES string of the molecule is CCCCCCCOc1ccc(-c2nnc(-c3ccc(OCc4ccccc4)cc3)o2)cc1. The fourth-order valence-electron chi connectivity index (χ4n) is 3.48. The fraction of sp³-hybridized carbons (Fsp3) is 0.286. The number of benzene rings is 3. The van der Waals surface area contributed by atoms with Gasteiger partial charge in [0.1, 0.15) is 18.1 Å². The molecule has 0 radical (unpaired) electrons. The summed E-state index contributed by atoms with van der Waals surface area (Å²) in [5.74, 6) is 2.62. The van der Waals surface area contributed by atoms with Crippen molar-refractivity contribution in [3.63, 3.8) is 0 Å². The minimum absolute atomic E-state index is 0.479. The monoisotopic (exact) mass is 442 g/mol. The number of unbranched alkanes of at least 4 members (excludes halogenated alkanes) is 4. The quantitative estimate of drug-likeness (QED) is 0.215. The van der Waals surface area contributed by atoms with E-state index < -0.39 is 0 Å². The van der Waals surface area contributed by atoms with E-state index in [1.165, 1.54) is 25.7 Å². The fourth-order valence-corrected chi connectivity index (χ4v) is 3.48. The molecule has 0 atom stereocenters. The van der Waals surface area contributed by atoms with Crippen LogP contribution in [0.1, 0.15) is 44.6 Å². The lowest BCUT2D eigenvalue weighted by atomic mass is 10.2. The summed E-state index contributed by atoms with van der Waals surface area (Å²) in [5.41, 5.74) is 2.85. The van der Waals surface area contributed by atoms with Crippen LogP contribution in [0.2, 0.25) is 0 Å². The van der Waals surface area contributed by atoms with Crippen LogP contribution < -0.4 is 9.47 Å². The minimum Gasteiger partial charge on any atom is -0.494 e. The number of nitrogens with zero attached hydrogens (tertiary/aromatic N) is 2. The predicted octanol–water partition coefficient (Wildman–Crippen LogP) is 7.33. The second kappa shape index (κ2) is 11.9. The first-order chi connectivity index (χ1) is 16.3. The first-order valence-corrected chi connectivity index (χ1v) is 11.7. The van der Waals surface area contributed by atoms with Crippen LogP contribution in [0, 0.1) is 0 Å². The Morgan fingerprint density at radius 3 is 1.82 bits per heavy atom. The second-order valence-electron chi connectivity index (χ2n) is 8.00. The molecule has 0 aliphatic carbocycles. The summed E-state index contributed by atoms with van der Waals surface area (Å²) < 4.78 is 17.6. The summed E-state index contributed by atoms with van der Waals surface area (Å²) in [6.07, 6.45) is 6.14. The van der Waals surface area contributed by atoms with Gasteiger partial charge in [0, 0.05) is 11.1 Å². The number of ether oxygens (including phenoxy) is 2. The van der Waals surface area contributed by atoms with Crippen LogP contribution >= 0.6 is 0 Å². The average Bonchev–Trinajstić information content (AvgIpc) is 3.37. The Morgan fingerprint density at radius 1 is 0.636 bits per heavy atom. The highest BCUT2D eigenvalue weighted by Gasteiger charge is 2.11. The van der Waals surface area contributed by atoms with Crippen molar-refractivity contribution in [1.29, 1.82) is 0 Å². The van der Waals surface area contributed by atoms with Crippen molar-refractivity contribution in [3.05, 3.63) is 84.4 Å². The van der Waals surface area contributed by atoms with Crippen molar-refractivity contribution in [1.82, 2.24) is 10.2 Å².